The van der Waals surface area contributed by atoms with Crippen molar-refractivity contribution < 1.29 is 14.7 Å². The van der Waals surface area contributed by atoms with Crippen LogP contribution in [-0.4, -0.2) is 33.5 Å². The first-order valence-corrected chi connectivity index (χ1v) is 9.16. The molecule has 0 aromatic heterocycles. The van der Waals surface area contributed by atoms with Gasteiger partial charge in [0.05, 0.1) is 5.54 Å². The summed E-state index contributed by atoms with van der Waals surface area (Å²) in [6.07, 6.45) is 7.26. The third-order valence-corrected chi connectivity index (χ3v) is 6.05. The number of hydrogen-bond acceptors (Lipinski definition) is 2. The van der Waals surface area contributed by atoms with Gasteiger partial charge in [0, 0.05) is 11.6 Å². The smallest absolute Gasteiger partial charge is 0.313 e. The molecule has 24 heavy (non-hydrogen) atoms. The zero-order valence-corrected chi connectivity index (χ0v) is 14.6. The molecule has 1 aliphatic heterocycles. The Bertz CT molecular complexity index is 634. The number of benzene rings is 1. The molecule has 1 heterocycles. The number of hydrogen-bond donors (Lipinski definition) is 1. The summed E-state index contributed by atoms with van der Waals surface area (Å²) >= 11 is 0. The first-order valence-electron chi connectivity index (χ1n) is 9.16. The van der Waals surface area contributed by atoms with E-state index in [0.717, 1.165) is 25.7 Å². The molecule has 2 aliphatic rings. The molecule has 1 amide bonds. The van der Waals surface area contributed by atoms with Gasteiger partial charge in [0.2, 0.25) is 0 Å². The van der Waals surface area contributed by atoms with Crippen LogP contribution in [0.2, 0.25) is 0 Å². The summed E-state index contributed by atoms with van der Waals surface area (Å²) in [4.78, 5) is 27.4. The summed E-state index contributed by atoms with van der Waals surface area (Å²) in [6.45, 7) is 3.96. The topological polar surface area (TPSA) is 57.6 Å². The standard InChI is InChI=1S/C20H27NO3/c1-3-20(2)17(19(23)24)15-12-8-9-13-16(15)18(22)21(20)14-10-6-4-5-7-11-14/h8-9,12-14,17H,3-7,10-11H2,1-2H3,(H,23,24). The molecule has 1 aromatic rings. The van der Waals surface area contributed by atoms with Crippen LogP contribution in [0.3, 0.4) is 0 Å². The van der Waals surface area contributed by atoms with Gasteiger partial charge >= 0.3 is 5.97 Å². The second kappa shape index (κ2) is 6.58. The van der Waals surface area contributed by atoms with Crippen LogP contribution < -0.4 is 0 Å². The first-order chi connectivity index (χ1) is 11.5. The van der Waals surface area contributed by atoms with Crippen molar-refractivity contribution >= 4 is 11.9 Å². The van der Waals surface area contributed by atoms with E-state index < -0.39 is 17.4 Å². The zero-order valence-electron chi connectivity index (χ0n) is 14.6. The van der Waals surface area contributed by atoms with Crippen molar-refractivity contribution in [3.05, 3.63) is 35.4 Å². The lowest BCUT2D eigenvalue weighted by Gasteiger charge is -2.52. The van der Waals surface area contributed by atoms with E-state index in [2.05, 4.69) is 0 Å². The molecule has 1 N–H and O–H groups in total. The first kappa shape index (κ1) is 17.0. The van der Waals surface area contributed by atoms with E-state index in [-0.39, 0.29) is 11.9 Å². The minimum Gasteiger partial charge on any atom is -0.481 e. The van der Waals surface area contributed by atoms with Crippen molar-refractivity contribution in [2.45, 2.75) is 76.3 Å². The van der Waals surface area contributed by atoms with Crippen molar-refractivity contribution in [2.24, 2.45) is 0 Å². The fourth-order valence-electron chi connectivity index (χ4n) is 4.65. The lowest BCUT2D eigenvalue weighted by molar-refractivity contribution is -0.143. The van der Waals surface area contributed by atoms with Gasteiger partial charge in [-0.25, -0.2) is 0 Å². The Hall–Kier alpha value is -1.84. The van der Waals surface area contributed by atoms with Gasteiger partial charge in [-0.1, -0.05) is 50.8 Å². The molecule has 2 atom stereocenters. The Balaban J connectivity index is 2.13. The van der Waals surface area contributed by atoms with E-state index >= 15 is 0 Å². The Labute approximate surface area is 143 Å². The molecule has 1 saturated carbocycles. The van der Waals surface area contributed by atoms with Gasteiger partial charge < -0.3 is 10.0 Å². The van der Waals surface area contributed by atoms with Gasteiger partial charge in [-0.2, -0.15) is 0 Å². The van der Waals surface area contributed by atoms with Crippen molar-refractivity contribution in [1.29, 1.82) is 0 Å². The highest BCUT2D eigenvalue weighted by Crippen LogP contribution is 2.45. The van der Waals surface area contributed by atoms with Crippen LogP contribution >= 0.6 is 0 Å². The van der Waals surface area contributed by atoms with E-state index in [1.165, 1.54) is 12.8 Å². The number of carbonyl (C=O) groups excluding carboxylic acids is 1. The molecule has 0 bridgehead atoms. The molecule has 0 radical (unpaired) electrons. The number of carboxylic acids is 1. The Morgan fingerprint density at radius 3 is 2.42 bits per heavy atom. The van der Waals surface area contributed by atoms with Crippen molar-refractivity contribution in [1.82, 2.24) is 4.90 Å². The minimum atomic E-state index is -0.835. The quantitative estimate of drug-likeness (QED) is 0.845. The van der Waals surface area contributed by atoms with Crippen LogP contribution in [0.15, 0.2) is 24.3 Å². The molecule has 0 spiro atoms. The molecule has 130 valence electrons. The SMILES string of the molecule is CCC1(C)C(C(=O)O)c2ccccc2C(=O)N1C1CCCCCC1. The third-order valence-electron chi connectivity index (χ3n) is 6.05. The van der Waals surface area contributed by atoms with Crippen LogP contribution in [-0.2, 0) is 4.79 Å². The minimum absolute atomic E-state index is 0.0133. The van der Waals surface area contributed by atoms with Crippen LogP contribution in [0.4, 0.5) is 0 Å². The van der Waals surface area contributed by atoms with Gasteiger partial charge in [0.25, 0.3) is 5.91 Å². The maximum Gasteiger partial charge on any atom is 0.313 e. The van der Waals surface area contributed by atoms with E-state index in [4.69, 9.17) is 0 Å². The number of fused-ring (bicyclic) bond motifs is 1. The van der Waals surface area contributed by atoms with Gasteiger partial charge in [0.1, 0.15) is 5.92 Å². The second-order valence-electron chi connectivity index (χ2n) is 7.39. The summed E-state index contributed by atoms with van der Waals surface area (Å²) in [5, 5.41) is 9.97. The van der Waals surface area contributed by atoms with E-state index in [1.807, 2.05) is 36.9 Å². The fourth-order valence-corrected chi connectivity index (χ4v) is 4.65. The average Bonchev–Trinajstić information content (AvgIpc) is 2.84. The largest absolute Gasteiger partial charge is 0.481 e. The Morgan fingerprint density at radius 1 is 1.21 bits per heavy atom. The zero-order chi connectivity index (χ0) is 17.3. The predicted octanol–water partition coefficient (Wildman–Crippen LogP) is 4.20. The van der Waals surface area contributed by atoms with Crippen LogP contribution in [0.1, 0.15) is 80.6 Å². The predicted molar refractivity (Wildman–Crippen MR) is 93.2 cm³/mol. The highest BCUT2D eigenvalue weighted by atomic mass is 16.4. The van der Waals surface area contributed by atoms with Crippen molar-refractivity contribution in [2.75, 3.05) is 0 Å². The molecule has 1 aliphatic carbocycles. The van der Waals surface area contributed by atoms with Gasteiger partial charge in [-0.3, -0.25) is 9.59 Å². The van der Waals surface area contributed by atoms with Gasteiger partial charge in [-0.15, -0.1) is 0 Å². The lowest BCUT2D eigenvalue weighted by atomic mass is 9.71. The number of carboxylic acid groups (broad SMARTS) is 1. The molecule has 1 fully saturated rings. The average molecular weight is 329 g/mol. The third kappa shape index (κ3) is 2.62. The lowest BCUT2D eigenvalue weighted by Crippen LogP contribution is -2.61. The molecule has 4 nitrogen and oxygen atoms in total. The molecule has 1 aromatic carbocycles. The molecule has 3 rings (SSSR count). The number of amides is 1. The molecule has 0 saturated heterocycles. The number of nitrogens with zero attached hydrogens (tertiary/aromatic N) is 1. The fraction of sp³-hybridized carbons (Fsp3) is 0.600. The second-order valence-corrected chi connectivity index (χ2v) is 7.39. The summed E-state index contributed by atoms with van der Waals surface area (Å²) in [5.74, 6) is -1.49. The maximum absolute atomic E-state index is 13.3. The number of aliphatic carboxylic acids is 1. The normalized spacial score (nSPS) is 28.3. The summed E-state index contributed by atoms with van der Waals surface area (Å²) in [6, 6.07) is 7.41. The number of rotatable bonds is 3. The highest BCUT2D eigenvalue weighted by Gasteiger charge is 2.52. The van der Waals surface area contributed by atoms with Crippen molar-refractivity contribution in [3.8, 4) is 0 Å². The maximum atomic E-state index is 13.3. The van der Waals surface area contributed by atoms with Gasteiger partial charge in [-0.05, 0) is 37.8 Å². The Kier molecular flexibility index (Phi) is 4.66. The van der Waals surface area contributed by atoms with E-state index in [1.54, 1.807) is 6.07 Å². The molecular weight excluding hydrogens is 302 g/mol. The summed E-state index contributed by atoms with van der Waals surface area (Å²) in [5.41, 5.74) is 0.566. The monoisotopic (exact) mass is 329 g/mol. The highest BCUT2D eigenvalue weighted by molar-refractivity contribution is 6.01. The molecule has 2 unspecified atom stereocenters. The van der Waals surface area contributed by atoms with E-state index in [9.17, 15) is 14.7 Å². The van der Waals surface area contributed by atoms with E-state index in [0.29, 0.717) is 17.5 Å². The van der Waals surface area contributed by atoms with Crippen molar-refractivity contribution in [3.63, 3.8) is 0 Å². The van der Waals surface area contributed by atoms with Crippen LogP contribution in [0.5, 0.6) is 0 Å². The van der Waals surface area contributed by atoms with Gasteiger partial charge in [0.15, 0.2) is 0 Å². The summed E-state index contributed by atoms with van der Waals surface area (Å²) < 4.78 is 0. The van der Waals surface area contributed by atoms with Crippen LogP contribution in [0, 0.1) is 0 Å². The molecule has 4 heteroatoms. The Morgan fingerprint density at radius 2 is 1.83 bits per heavy atom. The van der Waals surface area contributed by atoms with Crippen LogP contribution in [0.25, 0.3) is 0 Å². The molecular formula is C20H27NO3. The summed E-state index contributed by atoms with van der Waals surface area (Å²) in [7, 11) is 0. The number of carbonyl (C=O) groups is 2.